The normalized spacial score (nSPS) is 11.2. The molecule has 0 atom stereocenters. The lowest BCUT2D eigenvalue weighted by atomic mass is 10.2. The molecule has 0 amide bonds. The molecule has 0 aliphatic rings. The molecule has 0 saturated heterocycles. The molecule has 0 radical (unpaired) electrons. The monoisotopic (exact) mass is 403 g/mol. The highest BCUT2D eigenvalue weighted by Gasteiger charge is 2.15. The second-order valence-electron chi connectivity index (χ2n) is 2.52. The van der Waals surface area contributed by atoms with Crippen LogP contribution in [0.15, 0.2) is 10.5 Å². The summed E-state index contributed by atoms with van der Waals surface area (Å²) in [5.41, 5.74) is 1.11. The van der Waals surface area contributed by atoms with E-state index in [-0.39, 0.29) is 26.4 Å². The molecule has 0 fully saturated rings. The van der Waals surface area contributed by atoms with Crippen molar-refractivity contribution in [1.29, 1.82) is 0 Å². The molecule has 0 unspecified atom stereocenters. The number of ether oxygens (including phenoxy) is 1. The summed E-state index contributed by atoms with van der Waals surface area (Å²) in [5, 5.41) is 0.294. The van der Waals surface area contributed by atoms with Gasteiger partial charge >= 0.3 is 5.97 Å². The van der Waals surface area contributed by atoms with Crippen molar-refractivity contribution in [1.82, 2.24) is 4.98 Å². The van der Waals surface area contributed by atoms with Gasteiger partial charge in [0.1, 0.15) is 5.15 Å². The Morgan fingerprint density at radius 1 is 1.73 bits per heavy atom. The summed E-state index contributed by atoms with van der Waals surface area (Å²) in [6, 6.07) is 1.72. The van der Waals surface area contributed by atoms with Gasteiger partial charge in [-0.05, 0) is 36.5 Å². The Labute approximate surface area is 111 Å². The second kappa shape index (κ2) is 5.91. The van der Waals surface area contributed by atoms with Crippen molar-refractivity contribution >= 4 is 58.2 Å². The number of hydrogen-bond acceptors (Lipinski definition) is 3. The third-order valence-corrected chi connectivity index (χ3v) is 3.88. The number of carbonyl (C=O) groups excluding carboxylic acids is 1. The number of halogens is 3. The Kier molecular flexibility index (Phi) is 5.14. The highest BCUT2D eigenvalue weighted by Crippen LogP contribution is 2.23. The van der Waals surface area contributed by atoms with Crippen LogP contribution in [0.4, 0.5) is 0 Å². The maximum atomic E-state index is 11.4. The molecule has 0 N–H and O–H groups in total. The maximum absolute atomic E-state index is 11.4. The largest absolute Gasteiger partial charge is 0.464 e. The first-order valence-corrected chi connectivity index (χ1v) is 8.43. The average molecular weight is 404 g/mol. The summed E-state index contributed by atoms with van der Waals surface area (Å²) >= 11 is 9.10. The van der Waals surface area contributed by atoms with Gasteiger partial charge in [-0.3, -0.25) is 0 Å². The van der Waals surface area contributed by atoms with Crippen LogP contribution in [0, 0.1) is 0 Å². The van der Waals surface area contributed by atoms with Crippen LogP contribution in [0.2, 0.25) is 5.15 Å². The van der Waals surface area contributed by atoms with Gasteiger partial charge in [0.2, 0.25) is 0 Å². The van der Waals surface area contributed by atoms with Crippen LogP contribution in [0.25, 0.3) is 0 Å². The number of hydrogen-bond donors (Lipinski definition) is 0. The topological polar surface area (TPSA) is 39.2 Å². The Hall–Kier alpha value is -0.0100. The van der Waals surface area contributed by atoms with E-state index in [1.165, 1.54) is 7.11 Å². The summed E-state index contributed by atoms with van der Waals surface area (Å²) in [5.74, 6) is -0.492. The average Bonchev–Trinajstić information content (AvgIpc) is 2.22. The Morgan fingerprint density at radius 2 is 2.40 bits per heavy atom. The van der Waals surface area contributed by atoms with Crippen LogP contribution in [0.5, 0.6) is 0 Å². The number of carbonyl (C=O) groups is 1. The zero-order valence-electron chi connectivity index (χ0n) is 8.05. The molecule has 6 heteroatoms. The number of nitrogens with zero attached hydrogens (tertiary/aromatic N) is 1. The van der Waals surface area contributed by atoms with Gasteiger partial charge in [-0.2, -0.15) is 0 Å². The van der Waals surface area contributed by atoms with E-state index in [2.05, 4.69) is 34.6 Å². The van der Waals surface area contributed by atoms with Gasteiger partial charge in [0, 0.05) is 0 Å². The Balaban J connectivity index is 3.34. The summed E-state index contributed by atoms with van der Waals surface area (Å²) in [7, 11) is 1.31. The zero-order chi connectivity index (χ0) is 11.4. The fraction of sp³-hybridized carbons (Fsp3) is 0.222. The van der Waals surface area contributed by atoms with Crippen LogP contribution in [-0.2, 0) is 4.74 Å². The zero-order valence-corrected chi connectivity index (χ0v) is 12.6. The molecular formula is C9H8BrClINO2. The van der Waals surface area contributed by atoms with E-state index in [4.69, 9.17) is 11.6 Å². The van der Waals surface area contributed by atoms with Gasteiger partial charge in [-0.1, -0.05) is 11.6 Å². The molecule has 0 aliphatic heterocycles. The molecular weight excluding hydrogens is 396 g/mol. The van der Waals surface area contributed by atoms with Crippen molar-refractivity contribution in [3.8, 4) is 0 Å². The highest BCUT2D eigenvalue weighted by atomic mass is 127. The highest BCUT2D eigenvalue weighted by molar-refractivity contribution is 14.2. The number of methoxy groups -OCH3 is 1. The van der Waals surface area contributed by atoms with Crippen LogP contribution in [0.1, 0.15) is 16.1 Å². The molecule has 82 valence electrons. The summed E-state index contributed by atoms with van der Waals surface area (Å²) in [6.07, 6.45) is 0. The molecule has 0 spiro atoms. The first-order valence-electron chi connectivity index (χ1n) is 3.85. The quantitative estimate of drug-likeness (QED) is 0.329. The third kappa shape index (κ3) is 3.22. The molecule has 0 bridgehead atoms. The fourth-order valence-electron chi connectivity index (χ4n) is 0.945. The lowest BCUT2D eigenvalue weighted by Crippen LogP contribution is -2.07. The van der Waals surface area contributed by atoms with Crippen molar-refractivity contribution in [2.24, 2.45) is 0 Å². The van der Waals surface area contributed by atoms with Crippen molar-refractivity contribution in [2.75, 3.05) is 12.0 Å². The molecule has 1 aromatic rings. The Morgan fingerprint density at radius 3 is 2.93 bits per heavy atom. The van der Waals surface area contributed by atoms with E-state index in [1.54, 1.807) is 6.07 Å². The lowest BCUT2D eigenvalue weighted by Gasteiger charge is -2.05. The van der Waals surface area contributed by atoms with Crippen molar-refractivity contribution in [3.05, 3.63) is 26.9 Å². The maximum Gasteiger partial charge on any atom is 0.357 e. The minimum Gasteiger partial charge on any atom is -0.464 e. The third-order valence-electron chi connectivity index (χ3n) is 1.56. The van der Waals surface area contributed by atoms with Crippen molar-refractivity contribution in [3.63, 3.8) is 0 Å². The van der Waals surface area contributed by atoms with Gasteiger partial charge < -0.3 is 4.74 Å². The minimum absolute atomic E-state index is 0.0314. The fourth-order valence-corrected chi connectivity index (χ4v) is 3.22. The van der Waals surface area contributed by atoms with E-state index in [9.17, 15) is 4.79 Å². The predicted molar refractivity (Wildman–Crippen MR) is 73.4 cm³/mol. The Bertz CT molecular complexity index is 423. The summed E-state index contributed by atoms with van der Waals surface area (Å²) < 4.78 is 7.31. The summed E-state index contributed by atoms with van der Waals surface area (Å²) in [4.78, 5) is 17.4. The molecule has 0 saturated carbocycles. The number of rotatable bonds is 2. The SMILES string of the molecule is COC(=O)c1nc(Cl)cc(/C=I/C)c1Br. The molecule has 3 nitrogen and oxygen atoms in total. The molecule has 1 rings (SSSR count). The van der Waals surface area contributed by atoms with Gasteiger partial charge in [0.15, 0.2) is 5.69 Å². The minimum atomic E-state index is -0.492. The first-order chi connectivity index (χ1) is 7.10. The molecule has 0 aliphatic carbocycles. The molecule has 0 aromatic carbocycles. The standard InChI is InChI=1S/C9H8BrClINO2/c1-12-4-5-3-6(11)13-8(7(5)10)9(14)15-2/h3-4H,1-2H3. The molecule has 1 heterocycles. The van der Waals surface area contributed by atoms with E-state index in [0.29, 0.717) is 9.63 Å². The number of esters is 1. The number of aromatic nitrogens is 1. The van der Waals surface area contributed by atoms with E-state index in [0.717, 1.165) is 5.56 Å². The van der Waals surface area contributed by atoms with Gasteiger partial charge in [0.05, 0.1) is 11.6 Å². The van der Waals surface area contributed by atoms with Crippen LogP contribution >= 0.6 is 48.3 Å². The van der Waals surface area contributed by atoms with Crippen LogP contribution in [0.3, 0.4) is 0 Å². The second-order valence-corrected chi connectivity index (χ2v) is 5.56. The van der Waals surface area contributed by atoms with Crippen LogP contribution < -0.4 is 0 Å². The number of alkyl halides is 1. The van der Waals surface area contributed by atoms with E-state index >= 15 is 0 Å². The number of pyridine rings is 1. The van der Waals surface area contributed by atoms with Gasteiger partial charge in [-0.25, -0.2) is 9.78 Å². The van der Waals surface area contributed by atoms with Crippen LogP contribution in [-0.4, -0.2) is 27.0 Å². The predicted octanol–water partition coefficient (Wildman–Crippen LogP) is 3.03. The van der Waals surface area contributed by atoms with Gasteiger partial charge in [0.25, 0.3) is 0 Å². The van der Waals surface area contributed by atoms with E-state index in [1.807, 2.05) is 0 Å². The lowest BCUT2D eigenvalue weighted by molar-refractivity contribution is 0.0593. The van der Waals surface area contributed by atoms with Gasteiger partial charge in [-0.15, -0.1) is 20.7 Å². The smallest absolute Gasteiger partial charge is 0.357 e. The molecule has 15 heavy (non-hydrogen) atoms. The van der Waals surface area contributed by atoms with Crippen molar-refractivity contribution < 1.29 is 9.53 Å². The van der Waals surface area contributed by atoms with E-state index < -0.39 is 5.97 Å². The first kappa shape index (κ1) is 13.1. The summed E-state index contributed by atoms with van der Waals surface area (Å²) in [6.45, 7) is 0. The molecule has 1 aromatic heterocycles. The van der Waals surface area contributed by atoms with Crippen molar-refractivity contribution in [2.45, 2.75) is 0 Å².